The SMILES string of the molecule is CC(C)(C)OC(=O)N1CCC[C@H]1C(=O)N1CCCN(c2ncccn2)CC1.Cl.O=C([C@@H]1CCCN1)N1CCCN(c2ncccn2)CC1. The Kier molecular flexibility index (Phi) is 13.6. The summed E-state index contributed by atoms with van der Waals surface area (Å²) in [6, 6.07) is 3.24. The Balaban J connectivity index is 0.000000221. The summed E-state index contributed by atoms with van der Waals surface area (Å²) < 4.78 is 5.48. The largest absolute Gasteiger partial charge is 0.444 e. The van der Waals surface area contributed by atoms with Crippen LogP contribution in [0.2, 0.25) is 0 Å². The number of carbonyl (C=O) groups excluding carboxylic acids is 3. The highest BCUT2D eigenvalue weighted by Crippen LogP contribution is 2.23. The Hall–Kier alpha value is -3.78. The second kappa shape index (κ2) is 17.6. The number of anilines is 2. The molecule has 6 rings (SSSR count). The van der Waals surface area contributed by atoms with Gasteiger partial charge in [0, 0.05) is 83.7 Å². The van der Waals surface area contributed by atoms with E-state index in [2.05, 4.69) is 35.1 Å². The third-order valence-electron chi connectivity index (χ3n) is 8.81. The highest BCUT2D eigenvalue weighted by Gasteiger charge is 2.39. The predicted octanol–water partition coefficient (Wildman–Crippen LogP) is 2.60. The lowest BCUT2D eigenvalue weighted by molar-refractivity contribution is -0.135. The van der Waals surface area contributed by atoms with E-state index in [1.807, 2.05) is 36.6 Å². The molecule has 15 heteroatoms. The first kappa shape index (κ1) is 37.0. The molecule has 3 amide bonds. The van der Waals surface area contributed by atoms with Crippen LogP contribution < -0.4 is 15.1 Å². The third kappa shape index (κ3) is 10.1. The van der Waals surface area contributed by atoms with Crippen LogP contribution in [0.3, 0.4) is 0 Å². The zero-order valence-electron chi connectivity index (χ0n) is 28.5. The van der Waals surface area contributed by atoms with Crippen molar-refractivity contribution in [2.75, 3.05) is 75.2 Å². The van der Waals surface area contributed by atoms with E-state index in [9.17, 15) is 14.4 Å². The summed E-state index contributed by atoms with van der Waals surface area (Å²) in [7, 11) is 0. The third-order valence-corrected chi connectivity index (χ3v) is 8.81. The van der Waals surface area contributed by atoms with Gasteiger partial charge < -0.3 is 29.7 Å². The van der Waals surface area contributed by atoms with Gasteiger partial charge in [0.1, 0.15) is 11.6 Å². The van der Waals surface area contributed by atoms with E-state index < -0.39 is 17.7 Å². The molecule has 4 saturated heterocycles. The quantitative estimate of drug-likeness (QED) is 0.508. The van der Waals surface area contributed by atoms with Crippen LogP contribution in [0, 0.1) is 0 Å². The van der Waals surface area contributed by atoms with E-state index in [1.54, 1.807) is 35.8 Å². The van der Waals surface area contributed by atoms with Crippen molar-refractivity contribution in [3.63, 3.8) is 0 Å². The fourth-order valence-corrected chi connectivity index (χ4v) is 6.47. The molecule has 0 spiro atoms. The second-order valence-corrected chi connectivity index (χ2v) is 13.4. The van der Waals surface area contributed by atoms with Gasteiger partial charge in [0.25, 0.3) is 0 Å². The molecule has 14 nitrogen and oxygen atoms in total. The Morgan fingerprint density at radius 1 is 0.688 bits per heavy atom. The number of hydrogen-bond donors (Lipinski definition) is 1. The van der Waals surface area contributed by atoms with Crippen molar-refractivity contribution in [1.82, 2.24) is 40.0 Å². The van der Waals surface area contributed by atoms with E-state index in [0.717, 1.165) is 77.3 Å². The number of ether oxygens (including phenoxy) is 1. The maximum Gasteiger partial charge on any atom is 0.410 e. The molecule has 2 aromatic heterocycles. The van der Waals surface area contributed by atoms with E-state index >= 15 is 0 Å². The first-order chi connectivity index (χ1) is 22.7. The molecule has 0 aliphatic carbocycles. The van der Waals surface area contributed by atoms with Crippen molar-refractivity contribution in [3.05, 3.63) is 36.9 Å². The van der Waals surface area contributed by atoms with Crippen LogP contribution in [-0.4, -0.2) is 136 Å². The van der Waals surface area contributed by atoms with Gasteiger partial charge in [-0.3, -0.25) is 14.5 Å². The van der Waals surface area contributed by atoms with E-state index in [0.29, 0.717) is 38.5 Å². The minimum absolute atomic E-state index is 0. The molecule has 48 heavy (non-hydrogen) atoms. The van der Waals surface area contributed by atoms with Crippen LogP contribution in [0.4, 0.5) is 16.7 Å². The number of likely N-dealkylation sites (tertiary alicyclic amines) is 1. The number of nitrogens with one attached hydrogen (secondary N) is 1. The monoisotopic (exact) mass is 686 g/mol. The van der Waals surface area contributed by atoms with Crippen LogP contribution in [0.5, 0.6) is 0 Å². The number of carbonyl (C=O) groups is 3. The van der Waals surface area contributed by atoms with Crippen LogP contribution >= 0.6 is 12.4 Å². The Bertz CT molecular complexity index is 1310. The van der Waals surface area contributed by atoms with Crippen molar-refractivity contribution in [3.8, 4) is 0 Å². The molecule has 6 heterocycles. The number of hydrogen-bond acceptors (Lipinski definition) is 11. The normalized spacial score (nSPS) is 21.8. The molecule has 4 aliphatic heterocycles. The van der Waals surface area contributed by atoms with E-state index in [1.165, 1.54) is 0 Å². The summed E-state index contributed by atoms with van der Waals surface area (Å²) in [6.45, 7) is 13.2. The maximum absolute atomic E-state index is 13.1. The van der Waals surface area contributed by atoms with Crippen LogP contribution in [0.1, 0.15) is 59.3 Å². The summed E-state index contributed by atoms with van der Waals surface area (Å²) in [5, 5.41) is 3.29. The van der Waals surface area contributed by atoms with Crippen molar-refractivity contribution in [2.45, 2.75) is 77.0 Å². The first-order valence-electron chi connectivity index (χ1n) is 17.0. The van der Waals surface area contributed by atoms with E-state index in [-0.39, 0.29) is 30.3 Å². The highest BCUT2D eigenvalue weighted by molar-refractivity contribution is 5.86. The van der Waals surface area contributed by atoms with Crippen molar-refractivity contribution in [2.24, 2.45) is 0 Å². The van der Waals surface area contributed by atoms with Crippen LogP contribution in [-0.2, 0) is 14.3 Å². The van der Waals surface area contributed by atoms with Gasteiger partial charge in [-0.05, 0) is 78.0 Å². The van der Waals surface area contributed by atoms with Crippen molar-refractivity contribution < 1.29 is 19.1 Å². The Labute approximate surface area is 290 Å². The van der Waals surface area contributed by atoms with Gasteiger partial charge in [-0.1, -0.05) is 0 Å². The summed E-state index contributed by atoms with van der Waals surface area (Å²) in [4.78, 5) is 64.9. The fourth-order valence-electron chi connectivity index (χ4n) is 6.47. The highest BCUT2D eigenvalue weighted by atomic mass is 35.5. The van der Waals surface area contributed by atoms with Crippen molar-refractivity contribution in [1.29, 1.82) is 0 Å². The number of halogens is 1. The van der Waals surface area contributed by atoms with Gasteiger partial charge in [0.05, 0.1) is 6.04 Å². The smallest absolute Gasteiger partial charge is 0.410 e. The second-order valence-electron chi connectivity index (χ2n) is 13.4. The van der Waals surface area contributed by atoms with Gasteiger partial charge in [0.2, 0.25) is 23.7 Å². The first-order valence-corrected chi connectivity index (χ1v) is 17.0. The van der Waals surface area contributed by atoms with Crippen LogP contribution in [0.25, 0.3) is 0 Å². The standard InChI is InChI=1S/C19H29N5O3.C14H21N5O.ClH/c1-19(2,3)27-18(26)24-12-4-7-15(24)16(25)22-10-6-11-23(14-13-22)17-20-8-5-9-21-17;20-13(12-4-1-5-15-12)18-8-3-9-19(11-10-18)14-16-6-2-7-17-14;/h5,8-9,15H,4,6-7,10-14H2,1-3H3;2,6-7,12,15H,1,3-5,8-11H2;1H/t15-;12-;/m00./s1. The molecule has 0 radical (unpaired) electrons. The minimum Gasteiger partial charge on any atom is -0.444 e. The van der Waals surface area contributed by atoms with Crippen molar-refractivity contribution >= 4 is 42.2 Å². The number of rotatable bonds is 4. The van der Waals surface area contributed by atoms with E-state index in [4.69, 9.17) is 4.74 Å². The average molecular weight is 687 g/mol. The molecule has 0 unspecified atom stereocenters. The molecule has 264 valence electrons. The van der Waals surface area contributed by atoms with Gasteiger partial charge in [-0.15, -0.1) is 12.4 Å². The Morgan fingerprint density at radius 2 is 1.23 bits per heavy atom. The zero-order chi connectivity index (χ0) is 33.2. The molecule has 0 aromatic carbocycles. The lowest BCUT2D eigenvalue weighted by atomic mass is 10.2. The summed E-state index contributed by atoms with van der Waals surface area (Å²) in [6.07, 6.45) is 12.0. The van der Waals surface area contributed by atoms with Gasteiger partial charge in [-0.2, -0.15) is 0 Å². The summed E-state index contributed by atoms with van der Waals surface area (Å²) >= 11 is 0. The van der Waals surface area contributed by atoms with Gasteiger partial charge in [0.15, 0.2) is 0 Å². The molecule has 2 aromatic rings. The topological polar surface area (TPSA) is 140 Å². The summed E-state index contributed by atoms with van der Waals surface area (Å²) in [5.74, 6) is 1.75. The molecule has 0 bridgehead atoms. The lowest BCUT2D eigenvalue weighted by Gasteiger charge is -2.31. The number of aromatic nitrogens is 4. The Morgan fingerprint density at radius 3 is 1.73 bits per heavy atom. The van der Waals surface area contributed by atoms with Gasteiger partial charge in [-0.25, -0.2) is 24.7 Å². The minimum atomic E-state index is -0.563. The molecule has 2 atom stereocenters. The molecule has 0 saturated carbocycles. The molecule has 4 fully saturated rings. The molecule has 4 aliphatic rings. The lowest BCUT2D eigenvalue weighted by Crippen LogP contribution is -2.49. The maximum atomic E-state index is 13.1. The number of nitrogens with zero attached hydrogens (tertiary/aromatic N) is 9. The molecular formula is C33H51ClN10O4. The number of amides is 3. The summed E-state index contributed by atoms with van der Waals surface area (Å²) in [5.41, 5.74) is -0.563. The molecular weight excluding hydrogens is 636 g/mol. The zero-order valence-corrected chi connectivity index (χ0v) is 29.3. The fraction of sp³-hybridized carbons (Fsp3) is 0.667. The van der Waals surface area contributed by atoms with Gasteiger partial charge >= 0.3 is 6.09 Å². The average Bonchev–Trinajstić information content (AvgIpc) is 3.66. The van der Waals surface area contributed by atoms with Crippen LogP contribution in [0.15, 0.2) is 36.9 Å². The molecule has 1 N–H and O–H groups in total. The predicted molar refractivity (Wildman–Crippen MR) is 185 cm³/mol.